The number of rotatable bonds is 0. The van der Waals surface area contributed by atoms with Gasteiger partial charge in [-0.3, -0.25) is 0 Å². The first-order chi connectivity index (χ1) is 6.13. The zero-order chi connectivity index (χ0) is 9.59. The molecule has 0 amide bonds. The van der Waals surface area contributed by atoms with Crippen molar-refractivity contribution >= 4 is 75.4 Å². The molecule has 1 aliphatic carbocycles. The van der Waals surface area contributed by atoms with E-state index in [1.54, 1.807) is 0 Å². The summed E-state index contributed by atoms with van der Waals surface area (Å²) in [6.45, 7) is 0. The lowest BCUT2D eigenvalue weighted by atomic mass is 10.0. The first-order valence-electron chi connectivity index (χ1n) is 3.51. The number of halogens is 4. The highest BCUT2D eigenvalue weighted by atomic mass is 79.9. The molecular formula is C6H4Br4N2S. The Labute approximate surface area is 114 Å². The molecule has 0 saturated heterocycles. The van der Waals surface area contributed by atoms with Crippen molar-refractivity contribution in [2.45, 2.75) is 19.3 Å². The van der Waals surface area contributed by atoms with Crippen LogP contribution in [0.4, 0.5) is 0 Å². The van der Waals surface area contributed by atoms with Crippen LogP contribution in [0.2, 0.25) is 0 Å². The topological polar surface area (TPSA) is 25.8 Å². The van der Waals surface area contributed by atoms with E-state index in [4.69, 9.17) is 0 Å². The minimum absolute atomic E-state index is 0.236. The lowest BCUT2D eigenvalue weighted by Crippen LogP contribution is -2.29. The van der Waals surface area contributed by atoms with Crippen LogP contribution in [-0.2, 0) is 0 Å². The van der Waals surface area contributed by atoms with Crippen molar-refractivity contribution in [3.8, 4) is 0 Å². The fourth-order valence-corrected chi connectivity index (χ4v) is 5.37. The van der Waals surface area contributed by atoms with Crippen LogP contribution in [0.25, 0.3) is 0 Å². The van der Waals surface area contributed by atoms with Gasteiger partial charge in [0.25, 0.3) is 0 Å². The van der Waals surface area contributed by atoms with Gasteiger partial charge in [0.05, 0.1) is 32.8 Å². The highest BCUT2D eigenvalue weighted by Gasteiger charge is 2.40. The molecule has 72 valence electrons. The molecular weight excluding hydrogens is 452 g/mol. The van der Waals surface area contributed by atoms with Crippen molar-refractivity contribution in [2.75, 3.05) is 0 Å². The van der Waals surface area contributed by atoms with Crippen LogP contribution in [0.1, 0.15) is 21.0 Å². The molecule has 1 aliphatic rings. The molecule has 13 heavy (non-hydrogen) atoms. The van der Waals surface area contributed by atoms with Crippen LogP contribution in [0.5, 0.6) is 0 Å². The van der Waals surface area contributed by atoms with Crippen LogP contribution >= 0.6 is 75.4 Å². The molecule has 2 rings (SSSR count). The number of fused-ring (bicyclic) bond motifs is 1. The molecule has 0 saturated carbocycles. The summed E-state index contributed by atoms with van der Waals surface area (Å²) in [5.74, 6) is 0. The summed E-state index contributed by atoms with van der Waals surface area (Å²) in [4.78, 5) is 1.13. The van der Waals surface area contributed by atoms with Crippen molar-refractivity contribution in [3.05, 3.63) is 11.4 Å². The monoisotopic (exact) mass is 452 g/mol. The number of hydrogen-bond donors (Lipinski definition) is 0. The van der Waals surface area contributed by atoms with Gasteiger partial charge in [-0.1, -0.05) is 63.7 Å². The summed E-state index contributed by atoms with van der Waals surface area (Å²) < 4.78 is 8.55. The largest absolute Gasteiger partial charge is 0.177 e. The van der Waals surface area contributed by atoms with Gasteiger partial charge in [0.2, 0.25) is 0 Å². The second-order valence-corrected chi connectivity index (χ2v) is 7.34. The quantitative estimate of drug-likeness (QED) is 0.554. The summed E-state index contributed by atoms with van der Waals surface area (Å²) in [5.41, 5.74) is 2.09. The first-order valence-corrected chi connectivity index (χ1v) is 7.91. The summed E-state index contributed by atoms with van der Waals surface area (Å²) in [5, 5.41) is 0. The van der Waals surface area contributed by atoms with Gasteiger partial charge >= 0.3 is 0 Å². The smallest absolute Gasteiger partial charge is 0.0935 e. The maximum Gasteiger partial charge on any atom is 0.0935 e. The van der Waals surface area contributed by atoms with E-state index in [1.807, 2.05) is 0 Å². The molecule has 1 heterocycles. The molecule has 0 N–H and O–H groups in total. The Kier molecular flexibility index (Phi) is 3.51. The first kappa shape index (κ1) is 11.0. The molecule has 4 unspecified atom stereocenters. The average Bonchev–Trinajstić information content (AvgIpc) is 2.59. The second kappa shape index (κ2) is 4.15. The SMILES string of the molecule is BrC1c2nsnc2C(Br)C(Br)C1Br. The maximum atomic E-state index is 4.28. The van der Waals surface area contributed by atoms with Gasteiger partial charge in [0.1, 0.15) is 0 Å². The molecule has 0 aromatic carbocycles. The van der Waals surface area contributed by atoms with Crippen molar-refractivity contribution in [1.29, 1.82) is 0 Å². The Balaban J connectivity index is 2.46. The molecule has 0 spiro atoms. The molecule has 0 radical (unpaired) electrons. The van der Waals surface area contributed by atoms with Crippen molar-refractivity contribution in [3.63, 3.8) is 0 Å². The van der Waals surface area contributed by atoms with Crippen LogP contribution in [-0.4, -0.2) is 18.4 Å². The molecule has 4 atom stereocenters. The predicted molar refractivity (Wildman–Crippen MR) is 68.7 cm³/mol. The Morgan fingerprint density at radius 3 is 1.62 bits per heavy atom. The fourth-order valence-electron chi connectivity index (χ4n) is 1.21. The number of nitrogens with zero attached hydrogens (tertiary/aromatic N) is 2. The summed E-state index contributed by atoms with van der Waals surface area (Å²) >= 11 is 15.7. The van der Waals surface area contributed by atoms with E-state index < -0.39 is 0 Å². The Morgan fingerprint density at radius 1 is 0.846 bits per heavy atom. The maximum absolute atomic E-state index is 4.28. The molecule has 0 bridgehead atoms. The van der Waals surface area contributed by atoms with Gasteiger partial charge in [-0.25, -0.2) is 0 Å². The van der Waals surface area contributed by atoms with E-state index in [9.17, 15) is 0 Å². The second-order valence-electron chi connectivity index (χ2n) is 2.73. The van der Waals surface area contributed by atoms with E-state index in [2.05, 4.69) is 72.5 Å². The number of aromatic nitrogens is 2. The van der Waals surface area contributed by atoms with Gasteiger partial charge in [-0.2, -0.15) is 8.75 Å². The minimum atomic E-state index is 0.236. The molecule has 1 aromatic rings. The highest BCUT2D eigenvalue weighted by Crippen LogP contribution is 2.49. The zero-order valence-electron chi connectivity index (χ0n) is 6.12. The van der Waals surface area contributed by atoms with E-state index in [0.29, 0.717) is 9.65 Å². The van der Waals surface area contributed by atoms with Gasteiger partial charge in [0, 0.05) is 9.65 Å². The molecule has 0 fully saturated rings. The number of hydrogen-bond acceptors (Lipinski definition) is 3. The molecule has 1 aromatic heterocycles. The predicted octanol–water partition coefficient (Wildman–Crippen LogP) is 3.95. The van der Waals surface area contributed by atoms with Crippen LogP contribution in [0.15, 0.2) is 0 Å². The van der Waals surface area contributed by atoms with Crippen LogP contribution in [0, 0.1) is 0 Å². The third-order valence-corrected chi connectivity index (χ3v) is 8.81. The van der Waals surface area contributed by atoms with Gasteiger partial charge in [-0.15, -0.1) is 0 Å². The minimum Gasteiger partial charge on any atom is -0.177 e. The summed E-state index contributed by atoms with van der Waals surface area (Å²) in [6, 6.07) is 0. The van der Waals surface area contributed by atoms with Crippen LogP contribution < -0.4 is 0 Å². The normalized spacial score (nSPS) is 38.8. The lowest BCUT2D eigenvalue weighted by Gasteiger charge is -2.29. The third kappa shape index (κ3) is 1.79. The Hall–Kier alpha value is 1.48. The third-order valence-electron chi connectivity index (χ3n) is 1.93. The lowest BCUT2D eigenvalue weighted by molar-refractivity contribution is 0.707. The number of alkyl halides is 4. The van der Waals surface area contributed by atoms with Crippen LogP contribution in [0.3, 0.4) is 0 Å². The molecule has 7 heteroatoms. The van der Waals surface area contributed by atoms with E-state index >= 15 is 0 Å². The van der Waals surface area contributed by atoms with Gasteiger partial charge in [-0.05, 0) is 0 Å². The summed E-state index contributed by atoms with van der Waals surface area (Å²) in [7, 11) is 0. The molecule has 0 aliphatic heterocycles. The van der Waals surface area contributed by atoms with E-state index in [-0.39, 0.29) is 9.65 Å². The van der Waals surface area contributed by atoms with Crippen molar-refractivity contribution in [2.24, 2.45) is 0 Å². The van der Waals surface area contributed by atoms with Crippen molar-refractivity contribution in [1.82, 2.24) is 8.75 Å². The van der Waals surface area contributed by atoms with Gasteiger partial charge in [0.15, 0.2) is 0 Å². The summed E-state index contributed by atoms with van der Waals surface area (Å²) in [6.07, 6.45) is 0. The van der Waals surface area contributed by atoms with Gasteiger partial charge < -0.3 is 0 Å². The van der Waals surface area contributed by atoms with E-state index in [0.717, 1.165) is 11.4 Å². The fraction of sp³-hybridized carbons (Fsp3) is 0.667. The Morgan fingerprint density at radius 2 is 1.23 bits per heavy atom. The van der Waals surface area contributed by atoms with Crippen molar-refractivity contribution < 1.29 is 0 Å². The van der Waals surface area contributed by atoms with E-state index in [1.165, 1.54) is 11.7 Å². The zero-order valence-corrected chi connectivity index (χ0v) is 13.3. The molecule has 2 nitrogen and oxygen atoms in total. The highest BCUT2D eigenvalue weighted by molar-refractivity contribution is 9.14. The Bertz CT molecular complexity index is 289. The average molecular weight is 456 g/mol. The standard InChI is InChI=1S/C6H4Br4N2S/c7-1-2(8)4(10)6-5(3(1)9)11-13-12-6/h1-4H.